The van der Waals surface area contributed by atoms with Gasteiger partial charge in [0.15, 0.2) is 0 Å². The number of rotatable bonds is 9. The van der Waals surface area contributed by atoms with Crippen molar-refractivity contribution in [1.82, 2.24) is 9.97 Å². The average Bonchev–Trinajstić information content (AvgIpc) is 3.57. The SMILES string of the molecule is CC1(C)OB(c2cc(-c3ccccc3-c3cnc(-c4ccccc4)cc3-c3ccccc3)cc(-c3ccccc3-c3cnc(-c4ccccc4)cc3-c3ccccc3)c2)OC1(C)C. The Morgan fingerprint density at radius 2 is 0.651 bits per heavy atom. The van der Waals surface area contributed by atoms with Crippen LogP contribution in [0.5, 0.6) is 0 Å². The third kappa shape index (κ3) is 7.83. The smallest absolute Gasteiger partial charge is 0.399 e. The molecule has 2 aromatic heterocycles. The zero-order valence-electron chi connectivity index (χ0n) is 36.0. The maximum atomic E-state index is 6.78. The van der Waals surface area contributed by atoms with Gasteiger partial charge in [0.25, 0.3) is 0 Å². The lowest BCUT2D eigenvalue weighted by Crippen LogP contribution is -2.41. The van der Waals surface area contributed by atoms with Crippen molar-refractivity contribution in [2.45, 2.75) is 38.9 Å². The van der Waals surface area contributed by atoms with Crippen molar-refractivity contribution >= 4 is 12.6 Å². The molecule has 10 rings (SSSR count). The predicted molar refractivity (Wildman–Crippen MR) is 261 cm³/mol. The third-order valence-corrected chi connectivity index (χ3v) is 12.7. The highest BCUT2D eigenvalue weighted by atomic mass is 16.7. The van der Waals surface area contributed by atoms with Gasteiger partial charge >= 0.3 is 7.12 Å². The predicted octanol–water partition coefficient (Wildman–Crippen LogP) is 14.1. The Morgan fingerprint density at radius 3 is 1.03 bits per heavy atom. The number of pyridine rings is 2. The Morgan fingerprint density at radius 1 is 0.317 bits per heavy atom. The summed E-state index contributed by atoms with van der Waals surface area (Å²) in [6, 6.07) is 70.5. The first kappa shape index (κ1) is 39.9. The van der Waals surface area contributed by atoms with Crippen LogP contribution in [0.3, 0.4) is 0 Å². The fourth-order valence-corrected chi connectivity index (χ4v) is 8.60. The van der Waals surface area contributed by atoms with Crippen molar-refractivity contribution in [3.05, 3.63) is 213 Å². The van der Waals surface area contributed by atoms with Gasteiger partial charge in [0.2, 0.25) is 0 Å². The van der Waals surface area contributed by atoms with E-state index in [1.165, 1.54) is 0 Å². The summed E-state index contributed by atoms with van der Waals surface area (Å²) in [5.74, 6) is 0. The Balaban J connectivity index is 1.17. The van der Waals surface area contributed by atoms with Crippen LogP contribution in [0.4, 0.5) is 0 Å². The highest BCUT2D eigenvalue weighted by Crippen LogP contribution is 2.44. The van der Waals surface area contributed by atoms with E-state index in [0.717, 1.165) is 94.7 Å². The zero-order valence-corrected chi connectivity index (χ0v) is 36.0. The quantitative estimate of drug-likeness (QED) is 0.136. The molecule has 0 bridgehead atoms. The van der Waals surface area contributed by atoms with Crippen molar-refractivity contribution in [3.8, 4) is 89.3 Å². The molecule has 5 heteroatoms. The Kier molecular flexibility index (Phi) is 10.5. The van der Waals surface area contributed by atoms with Crippen molar-refractivity contribution < 1.29 is 9.31 Å². The second kappa shape index (κ2) is 16.6. The average molecular weight is 815 g/mol. The van der Waals surface area contributed by atoms with E-state index < -0.39 is 18.3 Å². The number of aromatic nitrogens is 2. The molecule has 0 atom stereocenters. The van der Waals surface area contributed by atoms with E-state index in [1.54, 1.807) is 0 Å². The van der Waals surface area contributed by atoms with E-state index >= 15 is 0 Å². The molecule has 0 spiro atoms. The minimum atomic E-state index is -0.577. The van der Waals surface area contributed by atoms with E-state index in [0.29, 0.717) is 0 Å². The van der Waals surface area contributed by atoms with Gasteiger partial charge in [0, 0.05) is 34.6 Å². The maximum Gasteiger partial charge on any atom is 0.494 e. The van der Waals surface area contributed by atoms with Crippen LogP contribution >= 0.6 is 0 Å². The van der Waals surface area contributed by atoms with E-state index in [2.05, 4.69) is 216 Å². The fourth-order valence-electron chi connectivity index (χ4n) is 8.60. The molecule has 0 saturated carbocycles. The molecule has 7 aromatic carbocycles. The van der Waals surface area contributed by atoms with Gasteiger partial charge < -0.3 is 9.31 Å². The minimum absolute atomic E-state index is 0.517. The lowest BCUT2D eigenvalue weighted by atomic mass is 9.75. The van der Waals surface area contributed by atoms with Crippen LogP contribution in [-0.4, -0.2) is 28.3 Å². The minimum Gasteiger partial charge on any atom is -0.399 e. The number of hydrogen-bond acceptors (Lipinski definition) is 4. The monoisotopic (exact) mass is 814 g/mol. The molecule has 9 aromatic rings. The molecule has 1 aliphatic heterocycles. The normalized spacial score (nSPS) is 14.1. The van der Waals surface area contributed by atoms with Crippen LogP contribution in [0, 0.1) is 0 Å². The van der Waals surface area contributed by atoms with E-state index in [4.69, 9.17) is 19.3 Å². The highest BCUT2D eigenvalue weighted by molar-refractivity contribution is 6.62. The topological polar surface area (TPSA) is 44.2 Å². The first-order chi connectivity index (χ1) is 30.7. The molecule has 1 fully saturated rings. The van der Waals surface area contributed by atoms with Crippen LogP contribution in [0.15, 0.2) is 213 Å². The summed E-state index contributed by atoms with van der Waals surface area (Å²) in [7, 11) is -0.577. The van der Waals surface area contributed by atoms with Crippen molar-refractivity contribution in [1.29, 1.82) is 0 Å². The first-order valence-corrected chi connectivity index (χ1v) is 21.6. The molecular formula is C58H47BN2O2. The largest absolute Gasteiger partial charge is 0.494 e. The number of benzene rings is 7. The summed E-state index contributed by atoms with van der Waals surface area (Å²) in [5, 5.41) is 0. The molecule has 63 heavy (non-hydrogen) atoms. The lowest BCUT2D eigenvalue weighted by molar-refractivity contribution is 0.00578. The van der Waals surface area contributed by atoms with Gasteiger partial charge in [-0.25, -0.2) is 0 Å². The molecule has 3 heterocycles. The Labute approximate surface area is 371 Å². The Hall–Kier alpha value is -7.18. The zero-order chi connectivity index (χ0) is 43.0. The molecular weight excluding hydrogens is 767 g/mol. The van der Waals surface area contributed by atoms with Gasteiger partial charge in [-0.1, -0.05) is 182 Å². The third-order valence-electron chi connectivity index (χ3n) is 12.7. The van der Waals surface area contributed by atoms with Crippen LogP contribution in [-0.2, 0) is 9.31 Å². The summed E-state index contributed by atoms with van der Waals surface area (Å²) in [4.78, 5) is 10.2. The van der Waals surface area contributed by atoms with Gasteiger partial charge in [-0.15, -0.1) is 0 Å². The van der Waals surface area contributed by atoms with Crippen molar-refractivity contribution in [2.24, 2.45) is 0 Å². The molecule has 1 aliphatic rings. The summed E-state index contributed by atoms with van der Waals surface area (Å²) < 4.78 is 13.6. The van der Waals surface area contributed by atoms with Crippen LogP contribution < -0.4 is 5.46 Å². The van der Waals surface area contributed by atoms with Crippen LogP contribution in [0.1, 0.15) is 27.7 Å². The molecule has 1 saturated heterocycles. The van der Waals surface area contributed by atoms with Gasteiger partial charge in [0.05, 0.1) is 22.6 Å². The Bertz CT molecular complexity index is 2860. The fraction of sp³-hybridized carbons (Fsp3) is 0.103. The first-order valence-electron chi connectivity index (χ1n) is 21.6. The molecule has 304 valence electrons. The van der Waals surface area contributed by atoms with Crippen LogP contribution in [0.25, 0.3) is 89.3 Å². The number of nitrogens with zero attached hydrogens (tertiary/aromatic N) is 2. The second-order valence-corrected chi connectivity index (χ2v) is 17.2. The molecule has 0 aliphatic carbocycles. The maximum absolute atomic E-state index is 6.78. The standard InChI is InChI=1S/C58H47BN2O2/c1-57(2)58(3,4)63-59(62-57)46-34-44(47-29-17-19-31-49(47)53-38-60-55(42-25-13-7-14-26-42)36-51(53)40-21-9-5-10-22-40)33-45(35-46)48-30-18-20-32-50(48)54-39-61-56(43-27-15-8-16-28-43)37-52(54)41-23-11-6-12-24-41/h5-39H,1-4H3. The van der Waals surface area contributed by atoms with Gasteiger partial charge in [-0.2, -0.15) is 0 Å². The number of hydrogen-bond donors (Lipinski definition) is 0. The molecule has 0 amide bonds. The molecule has 0 unspecified atom stereocenters. The van der Waals surface area contributed by atoms with E-state index in [9.17, 15) is 0 Å². The molecule has 0 N–H and O–H groups in total. The van der Waals surface area contributed by atoms with Crippen molar-refractivity contribution in [2.75, 3.05) is 0 Å². The summed E-state index contributed by atoms with van der Waals surface area (Å²) in [5.41, 5.74) is 17.0. The van der Waals surface area contributed by atoms with Crippen LogP contribution in [0.2, 0.25) is 0 Å². The van der Waals surface area contributed by atoms with Gasteiger partial charge in [-0.05, 0) is 107 Å². The van der Waals surface area contributed by atoms with E-state index in [-0.39, 0.29) is 0 Å². The van der Waals surface area contributed by atoms with Crippen molar-refractivity contribution in [3.63, 3.8) is 0 Å². The lowest BCUT2D eigenvalue weighted by Gasteiger charge is -2.32. The molecule has 0 radical (unpaired) electrons. The summed E-state index contributed by atoms with van der Waals surface area (Å²) in [6.07, 6.45) is 4.07. The summed E-state index contributed by atoms with van der Waals surface area (Å²) >= 11 is 0. The highest BCUT2D eigenvalue weighted by Gasteiger charge is 2.52. The van der Waals surface area contributed by atoms with Gasteiger partial charge in [-0.3, -0.25) is 9.97 Å². The van der Waals surface area contributed by atoms with Gasteiger partial charge in [0.1, 0.15) is 0 Å². The summed E-state index contributed by atoms with van der Waals surface area (Å²) in [6.45, 7) is 8.43. The molecule has 4 nitrogen and oxygen atoms in total. The second-order valence-electron chi connectivity index (χ2n) is 17.2. The van der Waals surface area contributed by atoms with E-state index in [1.807, 2.05) is 24.5 Å².